The Morgan fingerprint density at radius 1 is 0.938 bits per heavy atom. The SMILES string of the molecule is CCCCCCCCCCCCOc1cc(NC(=O)C(CC)C(=O)C2CC2)c(Cl)cc1Cl. The van der Waals surface area contributed by atoms with Crippen LogP contribution in [0.1, 0.15) is 97.3 Å². The van der Waals surface area contributed by atoms with E-state index in [2.05, 4.69) is 12.2 Å². The Morgan fingerprint density at radius 3 is 2.09 bits per heavy atom. The third-order valence-corrected chi connectivity index (χ3v) is 6.69. The summed E-state index contributed by atoms with van der Waals surface area (Å²) < 4.78 is 5.86. The van der Waals surface area contributed by atoms with Crippen LogP contribution in [0.5, 0.6) is 5.75 Å². The van der Waals surface area contributed by atoms with E-state index in [1.54, 1.807) is 12.1 Å². The van der Waals surface area contributed by atoms with E-state index in [0.29, 0.717) is 34.5 Å². The lowest BCUT2D eigenvalue weighted by Crippen LogP contribution is -2.30. The number of unbranched alkanes of at least 4 members (excludes halogenated alkanes) is 9. The molecule has 2 rings (SSSR count). The van der Waals surface area contributed by atoms with Gasteiger partial charge in [-0.3, -0.25) is 9.59 Å². The molecule has 1 N–H and O–H groups in total. The van der Waals surface area contributed by atoms with Crippen molar-refractivity contribution >= 4 is 40.6 Å². The molecule has 0 bridgehead atoms. The van der Waals surface area contributed by atoms with Crippen LogP contribution in [-0.4, -0.2) is 18.3 Å². The Kier molecular flexibility index (Phi) is 12.5. The maximum atomic E-state index is 12.7. The van der Waals surface area contributed by atoms with Crippen LogP contribution in [0.2, 0.25) is 10.0 Å². The fraction of sp³-hybridized carbons (Fsp3) is 0.692. The zero-order chi connectivity index (χ0) is 23.3. The molecule has 0 saturated heterocycles. The zero-order valence-corrected chi connectivity index (χ0v) is 21.2. The molecule has 0 radical (unpaired) electrons. The second-order valence-corrected chi connectivity index (χ2v) is 9.73. The van der Waals surface area contributed by atoms with Crippen LogP contribution >= 0.6 is 23.2 Å². The molecular formula is C26H39Cl2NO3. The van der Waals surface area contributed by atoms with Crippen LogP contribution in [0.25, 0.3) is 0 Å². The molecular weight excluding hydrogens is 445 g/mol. The first-order chi connectivity index (χ1) is 15.5. The molecule has 4 nitrogen and oxygen atoms in total. The smallest absolute Gasteiger partial charge is 0.234 e. The van der Waals surface area contributed by atoms with Crippen molar-refractivity contribution in [1.29, 1.82) is 0 Å². The van der Waals surface area contributed by atoms with Gasteiger partial charge in [-0.25, -0.2) is 0 Å². The molecule has 1 amide bonds. The number of Topliss-reactive ketones (excluding diaryl/α,β-unsaturated/α-hetero) is 1. The minimum absolute atomic E-state index is 0.0347. The highest BCUT2D eigenvalue weighted by Gasteiger charge is 2.37. The van der Waals surface area contributed by atoms with Gasteiger partial charge >= 0.3 is 0 Å². The highest BCUT2D eigenvalue weighted by atomic mass is 35.5. The van der Waals surface area contributed by atoms with E-state index in [1.807, 2.05) is 6.92 Å². The summed E-state index contributed by atoms with van der Waals surface area (Å²) in [6.45, 7) is 4.67. The minimum atomic E-state index is -0.634. The van der Waals surface area contributed by atoms with Crippen molar-refractivity contribution in [2.24, 2.45) is 11.8 Å². The first-order valence-electron chi connectivity index (χ1n) is 12.4. The van der Waals surface area contributed by atoms with Crippen molar-refractivity contribution in [3.63, 3.8) is 0 Å². The standard InChI is InChI=1S/C26H39Cl2NO3/c1-3-5-6-7-8-9-10-11-12-13-16-32-24-18-23(21(27)17-22(24)28)29-26(31)20(4-2)25(30)19-14-15-19/h17-20H,3-16H2,1-2H3,(H,29,31). The van der Waals surface area contributed by atoms with Gasteiger partial charge in [0.2, 0.25) is 5.91 Å². The van der Waals surface area contributed by atoms with Gasteiger partial charge < -0.3 is 10.1 Å². The molecule has 0 heterocycles. The van der Waals surface area contributed by atoms with Crippen LogP contribution in [-0.2, 0) is 9.59 Å². The Balaban J connectivity index is 1.74. The summed E-state index contributed by atoms with van der Waals surface area (Å²) in [6.07, 6.45) is 14.9. The largest absolute Gasteiger partial charge is 0.492 e. The third kappa shape index (κ3) is 9.31. The van der Waals surface area contributed by atoms with Crippen molar-refractivity contribution in [3.8, 4) is 5.75 Å². The lowest BCUT2D eigenvalue weighted by molar-refractivity contribution is -0.132. The summed E-state index contributed by atoms with van der Waals surface area (Å²) in [4.78, 5) is 25.0. The Hall–Kier alpha value is -1.26. The Morgan fingerprint density at radius 2 is 1.53 bits per heavy atom. The number of rotatable bonds is 17. The van der Waals surface area contributed by atoms with Crippen molar-refractivity contribution in [2.75, 3.05) is 11.9 Å². The number of amides is 1. The molecule has 1 fully saturated rings. The Labute approximate surface area is 203 Å². The summed E-state index contributed by atoms with van der Waals surface area (Å²) in [5, 5.41) is 3.56. The number of nitrogens with one attached hydrogen (secondary N) is 1. The number of hydrogen-bond acceptors (Lipinski definition) is 3. The first-order valence-corrected chi connectivity index (χ1v) is 13.2. The predicted octanol–water partition coefficient (Wildman–Crippen LogP) is 8.24. The summed E-state index contributed by atoms with van der Waals surface area (Å²) in [6, 6.07) is 3.24. The van der Waals surface area contributed by atoms with Gasteiger partial charge in [-0.15, -0.1) is 0 Å². The molecule has 1 aromatic carbocycles. The van der Waals surface area contributed by atoms with Gasteiger partial charge in [-0.1, -0.05) is 94.8 Å². The molecule has 1 atom stereocenters. The van der Waals surface area contributed by atoms with Gasteiger partial charge in [-0.2, -0.15) is 0 Å². The highest BCUT2D eigenvalue weighted by Crippen LogP contribution is 2.36. The molecule has 1 aliphatic rings. The number of carbonyl (C=O) groups is 2. The van der Waals surface area contributed by atoms with Crippen LogP contribution in [0.15, 0.2) is 12.1 Å². The van der Waals surface area contributed by atoms with Crippen molar-refractivity contribution in [1.82, 2.24) is 0 Å². The van der Waals surface area contributed by atoms with Gasteiger partial charge in [0.15, 0.2) is 0 Å². The normalized spacial score (nSPS) is 14.2. The van der Waals surface area contributed by atoms with Gasteiger partial charge in [0.05, 0.1) is 28.3 Å². The summed E-state index contributed by atoms with van der Waals surface area (Å²) in [5.41, 5.74) is 0.432. The molecule has 32 heavy (non-hydrogen) atoms. The summed E-state index contributed by atoms with van der Waals surface area (Å²) in [7, 11) is 0. The minimum Gasteiger partial charge on any atom is -0.492 e. The third-order valence-electron chi connectivity index (χ3n) is 6.08. The second kappa shape index (κ2) is 14.8. The van der Waals surface area contributed by atoms with Gasteiger partial charge in [-0.05, 0) is 31.7 Å². The van der Waals surface area contributed by atoms with Crippen LogP contribution in [0.3, 0.4) is 0 Å². The number of hydrogen-bond donors (Lipinski definition) is 1. The second-order valence-electron chi connectivity index (χ2n) is 8.92. The highest BCUT2D eigenvalue weighted by molar-refractivity contribution is 6.37. The lowest BCUT2D eigenvalue weighted by atomic mass is 9.96. The number of benzene rings is 1. The quantitative estimate of drug-likeness (QED) is 0.179. The van der Waals surface area contributed by atoms with Crippen molar-refractivity contribution < 1.29 is 14.3 Å². The van der Waals surface area contributed by atoms with Crippen molar-refractivity contribution in [2.45, 2.75) is 97.3 Å². The topological polar surface area (TPSA) is 55.4 Å². The molecule has 1 unspecified atom stereocenters. The van der Waals surface area contributed by atoms with E-state index in [9.17, 15) is 9.59 Å². The molecule has 1 aromatic rings. The van der Waals surface area contributed by atoms with E-state index in [1.165, 1.54) is 51.4 Å². The fourth-order valence-corrected chi connectivity index (χ4v) is 4.38. The Bertz CT molecular complexity index is 734. The monoisotopic (exact) mass is 483 g/mol. The summed E-state index contributed by atoms with van der Waals surface area (Å²) >= 11 is 12.6. The number of anilines is 1. The number of ketones is 1. The molecule has 0 aromatic heterocycles. The van der Waals surface area contributed by atoms with Gasteiger partial charge in [0.1, 0.15) is 11.5 Å². The molecule has 180 valence electrons. The van der Waals surface area contributed by atoms with Gasteiger partial charge in [0, 0.05) is 12.0 Å². The first kappa shape index (κ1) is 27.0. The predicted molar refractivity (Wildman–Crippen MR) is 134 cm³/mol. The van der Waals surface area contributed by atoms with E-state index in [-0.39, 0.29) is 17.6 Å². The summed E-state index contributed by atoms with van der Waals surface area (Å²) in [5.74, 6) is -0.359. The average molecular weight is 485 g/mol. The number of ether oxygens (including phenoxy) is 1. The zero-order valence-electron chi connectivity index (χ0n) is 19.7. The lowest BCUT2D eigenvalue weighted by Gasteiger charge is -2.16. The molecule has 0 spiro atoms. The molecule has 0 aliphatic heterocycles. The van der Waals surface area contributed by atoms with E-state index >= 15 is 0 Å². The average Bonchev–Trinajstić information content (AvgIpc) is 3.61. The van der Waals surface area contributed by atoms with Crippen LogP contribution < -0.4 is 10.1 Å². The van der Waals surface area contributed by atoms with Crippen LogP contribution in [0, 0.1) is 11.8 Å². The number of halogens is 2. The maximum Gasteiger partial charge on any atom is 0.234 e. The molecule has 1 saturated carbocycles. The van der Waals surface area contributed by atoms with E-state index < -0.39 is 5.92 Å². The van der Waals surface area contributed by atoms with E-state index in [0.717, 1.165) is 25.7 Å². The fourth-order valence-electron chi connectivity index (χ4n) is 3.90. The van der Waals surface area contributed by atoms with E-state index in [4.69, 9.17) is 27.9 Å². The maximum absolute atomic E-state index is 12.7. The molecule has 1 aliphatic carbocycles. The number of carbonyl (C=O) groups excluding carboxylic acids is 2. The van der Waals surface area contributed by atoms with Crippen LogP contribution in [0.4, 0.5) is 5.69 Å². The van der Waals surface area contributed by atoms with Gasteiger partial charge in [0.25, 0.3) is 0 Å². The van der Waals surface area contributed by atoms with Crippen molar-refractivity contribution in [3.05, 3.63) is 22.2 Å². The molecule has 6 heteroatoms.